The Hall–Kier alpha value is -2.56. The number of esters is 1. The maximum Gasteiger partial charge on any atom is 0.360 e. The maximum atomic E-state index is 11.4. The van der Waals surface area contributed by atoms with E-state index in [2.05, 4.69) is 5.16 Å². The molecule has 0 aliphatic rings. The molecule has 0 aliphatic heterocycles. The van der Waals surface area contributed by atoms with Crippen LogP contribution >= 0.6 is 0 Å². The summed E-state index contributed by atoms with van der Waals surface area (Å²) in [6.07, 6.45) is 3.57. The van der Waals surface area contributed by atoms with Gasteiger partial charge in [-0.05, 0) is 30.7 Å². The van der Waals surface area contributed by atoms with Crippen molar-refractivity contribution in [3.8, 4) is 5.75 Å². The Labute approximate surface area is 116 Å². The Kier molecular flexibility index (Phi) is 4.55. The first-order chi connectivity index (χ1) is 9.72. The van der Waals surface area contributed by atoms with Crippen LogP contribution in [0.15, 0.2) is 34.9 Å². The van der Waals surface area contributed by atoms with Crippen molar-refractivity contribution in [1.29, 1.82) is 0 Å². The molecule has 0 aliphatic carbocycles. The molecule has 20 heavy (non-hydrogen) atoms. The normalized spacial score (nSPS) is 10.7. The molecule has 1 heterocycles. The van der Waals surface area contributed by atoms with Crippen molar-refractivity contribution in [3.63, 3.8) is 0 Å². The Morgan fingerprint density at radius 1 is 1.35 bits per heavy atom. The molecular weight excluding hydrogens is 258 g/mol. The Morgan fingerprint density at radius 3 is 2.95 bits per heavy atom. The summed E-state index contributed by atoms with van der Waals surface area (Å²) in [5, 5.41) is 3.66. The molecule has 0 atom stereocenters. The number of carbonyl (C=O) groups excluding carboxylic acids is 1. The largest absolute Gasteiger partial charge is 0.497 e. The van der Waals surface area contributed by atoms with Crippen LogP contribution in [0.1, 0.15) is 28.7 Å². The zero-order valence-electron chi connectivity index (χ0n) is 11.3. The molecule has 2 rings (SSSR count). The van der Waals surface area contributed by atoms with E-state index in [9.17, 15) is 4.79 Å². The van der Waals surface area contributed by atoms with Crippen LogP contribution in [0.3, 0.4) is 0 Å². The van der Waals surface area contributed by atoms with E-state index < -0.39 is 5.97 Å². The van der Waals surface area contributed by atoms with E-state index in [1.54, 1.807) is 20.1 Å². The van der Waals surface area contributed by atoms with Gasteiger partial charge in [0.25, 0.3) is 0 Å². The number of hydrogen-bond donors (Lipinski definition) is 0. The highest BCUT2D eigenvalue weighted by atomic mass is 16.5. The first kappa shape index (κ1) is 13.9. The molecule has 2 aromatic rings. The van der Waals surface area contributed by atoms with Gasteiger partial charge in [-0.15, -0.1) is 0 Å². The van der Waals surface area contributed by atoms with Crippen LogP contribution in [-0.2, 0) is 4.74 Å². The zero-order chi connectivity index (χ0) is 14.4. The van der Waals surface area contributed by atoms with Crippen LogP contribution in [0.5, 0.6) is 5.75 Å². The number of benzene rings is 1. The van der Waals surface area contributed by atoms with E-state index in [0.29, 0.717) is 12.4 Å². The summed E-state index contributed by atoms with van der Waals surface area (Å²) >= 11 is 0. The van der Waals surface area contributed by atoms with Gasteiger partial charge in [-0.2, -0.15) is 0 Å². The fourth-order valence-corrected chi connectivity index (χ4v) is 1.59. The molecule has 0 unspecified atom stereocenters. The molecule has 0 fully saturated rings. The number of nitrogens with zero attached hydrogens (tertiary/aromatic N) is 1. The summed E-state index contributed by atoms with van der Waals surface area (Å²) in [7, 11) is 1.62. The second kappa shape index (κ2) is 6.56. The SMILES string of the molecule is CCOC(=O)c1cc(/C=C/c2cccc(OC)c2)on1. The Bertz CT molecular complexity index is 616. The summed E-state index contributed by atoms with van der Waals surface area (Å²) in [6.45, 7) is 2.04. The molecule has 0 saturated heterocycles. The van der Waals surface area contributed by atoms with E-state index in [1.807, 2.05) is 30.3 Å². The van der Waals surface area contributed by atoms with Crippen LogP contribution in [0, 0.1) is 0 Å². The van der Waals surface area contributed by atoms with Gasteiger partial charge in [-0.1, -0.05) is 23.4 Å². The summed E-state index contributed by atoms with van der Waals surface area (Å²) < 4.78 is 15.0. The van der Waals surface area contributed by atoms with Crippen LogP contribution in [0.25, 0.3) is 12.2 Å². The van der Waals surface area contributed by atoms with Gasteiger partial charge >= 0.3 is 5.97 Å². The minimum Gasteiger partial charge on any atom is -0.497 e. The minimum atomic E-state index is -0.489. The molecule has 1 aromatic carbocycles. The number of ether oxygens (including phenoxy) is 2. The molecular formula is C15H15NO4. The lowest BCUT2D eigenvalue weighted by Crippen LogP contribution is -2.04. The van der Waals surface area contributed by atoms with Crippen LogP contribution < -0.4 is 4.74 Å². The highest BCUT2D eigenvalue weighted by Gasteiger charge is 2.11. The molecule has 0 amide bonds. The average molecular weight is 273 g/mol. The van der Waals surface area contributed by atoms with E-state index in [-0.39, 0.29) is 5.69 Å². The van der Waals surface area contributed by atoms with Gasteiger partial charge in [-0.3, -0.25) is 0 Å². The van der Waals surface area contributed by atoms with Crippen molar-refractivity contribution < 1.29 is 18.8 Å². The lowest BCUT2D eigenvalue weighted by molar-refractivity contribution is 0.0514. The lowest BCUT2D eigenvalue weighted by Gasteiger charge is -1.99. The van der Waals surface area contributed by atoms with Crippen molar-refractivity contribution in [2.45, 2.75) is 6.92 Å². The zero-order valence-corrected chi connectivity index (χ0v) is 11.3. The summed E-state index contributed by atoms with van der Waals surface area (Å²) in [4.78, 5) is 11.4. The molecule has 0 N–H and O–H groups in total. The fourth-order valence-electron chi connectivity index (χ4n) is 1.59. The molecule has 0 bridgehead atoms. The van der Waals surface area contributed by atoms with Crippen molar-refractivity contribution in [2.24, 2.45) is 0 Å². The monoisotopic (exact) mass is 273 g/mol. The van der Waals surface area contributed by atoms with E-state index >= 15 is 0 Å². The average Bonchev–Trinajstić information content (AvgIpc) is 2.94. The lowest BCUT2D eigenvalue weighted by atomic mass is 10.2. The third kappa shape index (κ3) is 3.47. The third-order valence-electron chi connectivity index (χ3n) is 2.55. The van der Waals surface area contributed by atoms with Gasteiger partial charge in [0.1, 0.15) is 5.75 Å². The predicted octanol–water partition coefficient (Wildman–Crippen LogP) is 3.03. The Morgan fingerprint density at radius 2 is 2.20 bits per heavy atom. The van der Waals surface area contributed by atoms with Crippen molar-refractivity contribution in [1.82, 2.24) is 5.16 Å². The smallest absolute Gasteiger partial charge is 0.360 e. The maximum absolute atomic E-state index is 11.4. The van der Waals surface area contributed by atoms with Gasteiger partial charge in [0.05, 0.1) is 13.7 Å². The topological polar surface area (TPSA) is 61.6 Å². The molecule has 0 saturated carbocycles. The van der Waals surface area contributed by atoms with Crippen molar-refractivity contribution >= 4 is 18.1 Å². The molecule has 0 spiro atoms. The summed E-state index contributed by atoms with van der Waals surface area (Å²) in [5.41, 5.74) is 1.12. The van der Waals surface area contributed by atoms with Crippen LogP contribution in [0.4, 0.5) is 0 Å². The number of hydrogen-bond acceptors (Lipinski definition) is 5. The second-order valence-electron chi connectivity index (χ2n) is 3.94. The first-order valence-electron chi connectivity index (χ1n) is 6.19. The van der Waals surface area contributed by atoms with Gasteiger partial charge in [0, 0.05) is 6.07 Å². The molecule has 5 heteroatoms. The molecule has 5 nitrogen and oxygen atoms in total. The van der Waals surface area contributed by atoms with Gasteiger partial charge in [0.2, 0.25) is 0 Å². The predicted molar refractivity (Wildman–Crippen MR) is 74.4 cm³/mol. The van der Waals surface area contributed by atoms with Gasteiger partial charge in [-0.25, -0.2) is 4.79 Å². The summed E-state index contributed by atoms with van der Waals surface area (Å²) in [5.74, 6) is 0.769. The summed E-state index contributed by atoms with van der Waals surface area (Å²) in [6, 6.07) is 9.11. The van der Waals surface area contributed by atoms with Crippen LogP contribution in [-0.4, -0.2) is 24.8 Å². The first-order valence-corrected chi connectivity index (χ1v) is 6.19. The highest BCUT2D eigenvalue weighted by molar-refractivity contribution is 5.87. The third-order valence-corrected chi connectivity index (χ3v) is 2.55. The van der Waals surface area contributed by atoms with E-state index in [1.165, 1.54) is 6.07 Å². The fraction of sp³-hybridized carbons (Fsp3) is 0.200. The quantitative estimate of drug-likeness (QED) is 0.783. The number of carbonyl (C=O) groups is 1. The van der Waals surface area contributed by atoms with Crippen molar-refractivity contribution in [3.05, 3.63) is 47.3 Å². The second-order valence-corrected chi connectivity index (χ2v) is 3.94. The van der Waals surface area contributed by atoms with E-state index in [0.717, 1.165) is 11.3 Å². The number of aromatic nitrogens is 1. The van der Waals surface area contributed by atoms with Crippen molar-refractivity contribution in [2.75, 3.05) is 13.7 Å². The van der Waals surface area contributed by atoms with Crippen LogP contribution in [0.2, 0.25) is 0 Å². The highest BCUT2D eigenvalue weighted by Crippen LogP contribution is 2.15. The molecule has 1 aromatic heterocycles. The van der Waals surface area contributed by atoms with E-state index in [4.69, 9.17) is 14.0 Å². The van der Waals surface area contributed by atoms with Gasteiger partial charge in [0.15, 0.2) is 11.5 Å². The minimum absolute atomic E-state index is 0.164. The molecule has 0 radical (unpaired) electrons. The standard InChI is InChI=1S/C15H15NO4/c1-3-19-15(17)14-10-13(20-16-14)8-7-11-5-4-6-12(9-11)18-2/h4-10H,3H2,1-2H3/b8-7+. The Balaban J connectivity index is 2.09. The number of rotatable bonds is 5. The molecule has 104 valence electrons. The number of methoxy groups -OCH3 is 1. The van der Waals surface area contributed by atoms with Gasteiger partial charge < -0.3 is 14.0 Å².